The highest BCUT2D eigenvalue weighted by Crippen LogP contribution is 2.49. The van der Waals surface area contributed by atoms with E-state index in [9.17, 15) is 4.79 Å². The fourth-order valence-electron chi connectivity index (χ4n) is 3.70. The maximum atomic E-state index is 12.1. The Kier molecular flexibility index (Phi) is 3.48. The van der Waals surface area contributed by atoms with Gasteiger partial charge in [-0.1, -0.05) is 18.0 Å². The topological polar surface area (TPSA) is 42.0 Å². The van der Waals surface area contributed by atoms with Crippen molar-refractivity contribution in [3.63, 3.8) is 0 Å². The molecule has 0 aromatic carbocycles. The van der Waals surface area contributed by atoms with Gasteiger partial charge in [-0.2, -0.15) is 0 Å². The maximum Gasteiger partial charge on any atom is 0.224 e. The van der Waals surface area contributed by atoms with Gasteiger partial charge in [-0.3, -0.25) is 4.79 Å². The lowest BCUT2D eigenvalue weighted by Crippen LogP contribution is -2.20. The summed E-state index contributed by atoms with van der Waals surface area (Å²) in [5, 5.41) is 3.43. The molecule has 3 nitrogen and oxygen atoms in total. The lowest BCUT2D eigenvalue weighted by atomic mass is 9.86. The monoisotopic (exact) mass is 278 g/mol. The Morgan fingerprint density at radius 2 is 2.32 bits per heavy atom. The lowest BCUT2D eigenvalue weighted by Gasteiger charge is -2.20. The van der Waals surface area contributed by atoms with Gasteiger partial charge < -0.3 is 5.32 Å². The molecule has 19 heavy (non-hydrogen) atoms. The van der Waals surface area contributed by atoms with Gasteiger partial charge in [-0.05, 0) is 55.6 Å². The predicted molar refractivity (Wildman–Crippen MR) is 76.2 cm³/mol. The highest BCUT2D eigenvalue weighted by molar-refractivity contribution is 6.30. The number of carbonyl (C=O) groups excluding carboxylic acids is 1. The standard InChI is InChI=1S/C15H19ClN2O/c1-9-4-13(8-17-15(9)16)18-14(19)7-12-6-10-2-3-11(12)5-10/h4,8,10-12H,2-3,5-7H2,1H3,(H,18,19). The fraction of sp³-hybridized carbons (Fsp3) is 0.600. The highest BCUT2D eigenvalue weighted by atomic mass is 35.5. The van der Waals surface area contributed by atoms with Crippen molar-refractivity contribution in [1.82, 2.24) is 4.98 Å². The van der Waals surface area contributed by atoms with Gasteiger partial charge in [0.2, 0.25) is 5.91 Å². The number of aryl methyl sites for hydroxylation is 1. The van der Waals surface area contributed by atoms with E-state index in [1.807, 2.05) is 13.0 Å². The van der Waals surface area contributed by atoms with Gasteiger partial charge in [0.1, 0.15) is 5.15 Å². The largest absolute Gasteiger partial charge is 0.325 e. The number of aromatic nitrogens is 1. The molecule has 0 aliphatic heterocycles. The highest BCUT2D eigenvalue weighted by Gasteiger charge is 2.40. The Morgan fingerprint density at radius 3 is 2.95 bits per heavy atom. The number of nitrogens with one attached hydrogen (secondary N) is 1. The summed E-state index contributed by atoms with van der Waals surface area (Å²) in [6.07, 6.45) is 7.57. The molecule has 1 aromatic heterocycles. The zero-order valence-electron chi connectivity index (χ0n) is 11.2. The Bertz CT molecular complexity index is 503. The number of carbonyl (C=O) groups is 1. The normalized spacial score (nSPS) is 28.6. The van der Waals surface area contributed by atoms with Crippen molar-refractivity contribution < 1.29 is 4.79 Å². The van der Waals surface area contributed by atoms with E-state index in [0.717, 1.165) is 23.1 Å². The van der Waals surface area contributed by atoms with Crippen LogP contribution in [0.4, 0.5) is 5.69 Å². The summed E-state index contributed by atoms with van der Waals surface area (Å²) < 4.78 is 0. The Labute approximate surface area is 118 Å². The van der Waals surface area contributed by atoms with Crippen LogP contribution < -0.4 is 5.32 Å². The number of nitrogens with zero attached hydrogens (tertiary/aromatic N) is 1. The van der Waals surface area contributed by atoms with Crippen molar-refractivity contribution in [2.45, 2.75) is 39.0 Å². The number of hydrogen-bond acceptors (Lipinski definition) is 2. The zero-order chi connectivity index (χ0) is 13.4. The van der Waals surface area contributed by atoms with Crippen LogP contribution in [0.1, 0.15) is 37.7 Å². The molecule has 0 radical (unpaired) electrons. The van der Waals surface area contributed by atoms with E-state index in [2.05, 4.69) is 10.3 Å². The molecule has 2 bridgehead atoms. The minimum Gasteiger partial charge on any atom is -0.325 e. The van der Waals surface area contributed by atoms with Crippen LogP contribution in [0.2, 0.25) is 5.15 Å². The second-order valence-corrected chi connectivity index (χ2v) is 6.38. The van der Waals surface area contributed by atoms with Gasteiger partial charge >= 0.3 is 0 Å². The summed E-state index contributed by atoms with van der Waals surface area (Å²) in [5.74, 6) is 2.39. The van der Waals surface area contributed by atoms with E-state index in [1.54, 1.807) is 6.20 Å². The smallest absolute Gasteiger partial charge is 0.224 e. The molecule has 2 saturated carbocycles. The SMILES string of the molecule is Cc1cc(NC(=O)CC2CC3CCC2C3)cnc1Cl. The minimum absolute atomic E-state index is 0.112. The first-order valence-corrected chi connectivity index (χ1v) is 7.41. The molecule has 3 atom stereocenters. The van der Waals surface area contributed by atoms with Gasteiger partial charge in [-0.25, -0.2) is 4.98 Å². The summed E-state index contributed by atoms with van der Waals surface area (Å²) in [6, 6.07) is 1.87. The first-order chi connectivity index (χ1) is 9.11. The number of amides is 1. The molecule has 2 fully saturated rings. The average molecular weight is 279 g/mol. The molecule has 1 amide bonds. The predicted octanol–water partition coefficient (Wildman–Crippen LogP) is 3.81. The summed E-state index contributed by atoms with van der Waals surface area (Å²) in [5.41, 5.74) is 1.63. The van der Waals surface area contributed by atoms with Crippen LogP contribution in [0, 0.1) is 24.7 Å². The Morgan fingerprint density at radius 1 is 1.47 bits per heavy atom. The van der Waals surface area contributed by atoms with Crippen LogP contribution >= 0.6 is 11.6 Å². The molecule has 3 unspecified atom stereocenters. The minimum atomic E-state index is 0.112. The van der Waals surface area contributed by atoms with Crippen LogP contribution in [0.15, 0.2) is 12.3 Å². The van der Waals surface area contributed by atoms with Crippen molar-refractivity contribution >= 4 is 23.2 Å². The molecule has 102 valence electrons. The van der Waals surface area contributed by atoms with Crippen molar-refractivity contribution in [2.24, 2.45) is 17.8 Å². The third-order valence-corrected chi connectivity index (χ3v) is 5.03. The molecular weight excluding hydrogens is 260 g/mol. The lowest BCUT2D eigenvalue weighted by molar-refractivity contribution is -0.117. The van der Waals surface area contributed by atoms with Crippen molar-refractivity contribution in [3.8, 4) is 0 Å². The maximum absolute atomic E-state index is 12.1. The number of hydrogen-bond donors (Lipinski definition) is 1. The van der Waals surface area contributed by atoms with Crippen LogP contribution in [-0.2, 0) is 4.79 Å². The molecule has 3 rings (SSSR count). The van der Waals surface area contributed by atoms with Gasteiger partial charge in [0.05, 0.1) is 11.9 Å². The summed E-state index contributed by atoms with van der Waals surface area (Å²) in [7, 11) is 0. The number of halogens is 1. The van der Waals surface area contributed by atoms with E-state index >= 15 is 0 Å². The molecule has 0 saturated heterocycles. The first-order valence-electron chi connectivity index (χ1n) is 7.04. The quantitative estimate of drug-likeness (QED) is 0.855. The number of pyridine rings is 1. The van der Waals surface area contributed by atoms with E-state index in [-0.39, 0.29) is 5.91 Å². The van der Waals surface area contributed by atoms with Crippen LogP contribution in [0.3, 0.4) is 0 Å². The second-order valence-electron chi connectivity index (χ2n) is 6.02. The molecule has 1 N–H and O–H groups in total. The van der Waals surface area contributed by atoms with Crippen molar-refractivity contribution in [3.05, 3.63) is 23.0 Å². The second kappa shape index (κ2) is 5.12. The fourth-order valence-corrected chi connectivity index (χ4v) is 3.81. The molecule has 4 heteroatoms. The van der Waals surface area contributed by atoms with Gasteiger partial charge in [0, 0.05) is 6.42 Å². The van der Waals surface area contributed by atoms with Gasteiger partial charge in [-0.15, -0.1) is 0 Å². The molecule has 0 spiro atoms. The third-order valence-electron chi connectivity index (χ3n) is 4.63. The number of anilines is 1. The van der Waals surface area contributed by atoms with Crippen LogP contribution in [0.25, 0.3) is 0 Å². The summed E-state index contributed by atoms with van der Waals surface area (Å²) in [6.45, 7) is 1.89. The Hall–Kier alpha value is -1.09. The van der Waals surface area contributed by atoms with Gasteiger partial charge in [0.15, 0.2) is 0 Å². The van der Waals surface area contributed by atoms with E-state index in [0.29, 0.717) is 17.5 Å². The van der Waals surface area contributed by atoms with Crippen LogP contribution in [-0.4, -0.2) is 10.9 Å². The molecule has 1 aromatic rings. The molecular formula is C15H19ClN2O. The Balaban J connectivity index is 1.57. The first kappa shape index (κ1) is 12.9. The average Bonchev–Trinajstić information content (AvgIpc) is 2.96. The number of rotatable bonds is 3. The zero-order valence-corrected chi connectivity index (χ0v) is 11.9. The van der Waals surface area contributed by atoms with E-state index in [4.69, 9.17) is 11.6 Å². The van der Waals surface area contributed by atoms with Gasteiger partial charge in [0.25, 0.3) is 0 Å². The van der Waals surface area contributed by atoms with Crippen molar-refractivity contribution in [2.75, 3.05) is 5.32 Å². The van der Waals surface area contributed by atoms with Crippen LogP contribution in [0.5, 0.6) is 0 Å². The van der Waals surface area contributed by atoms with Crippen molar-refractivity contribution in [1.29, 1.82) is 0 Å². The molecule has 1 heterocycles. The molecule has 2 aliphatic carbocycles. The summed E-state index contributed by atoms with van der Waals surface area (Å²) >= 11 is 5.87. The third kappa shape index (κ3) is 2.76. The molecule has 2 aliphatic rings. The van der Waals surface area contributed by atoms with E-state index in [1.165, 1.54) is 25.7 Å². The summed E-state index contributed by atoms with van der Waals surface area (Å²) in [4.78, 5) is 16.1. The number of fused-ring (bicyclic) bond motifs is 2. The van der Waals surface area contributed by atoms with E-state index < -0.39 is 0 Å².